The highest BCUT2D eigenvalue weighted by Gasteiger charge is 2.64. The van der Waals surface area contributed by atoms with Crippen molar-refractivity contribution in [1.82, 2.24) is 0 Å². The first-order chi connectivity index (χ1) is 15.3. The number of carbonyl (C=O) groups is 2. The van der Waals surface area contributed by atoms with Crippen LogP contribution in [0.4, 0.5) is 0 Å². The van der Waals surface area contributed by atoms with E-state index in [-0.39, 0.29) is 51.6 Å². The van der Waals surface area contributed by atoms with E-state index in [1.165, 1.54) is 0 Å². The molecule has 2 saturated carbocycles. The van der Waals surface area contributed by atoms with Crippen molar-refractivity contribution >= 4 is 28.0 Å². The number of alkyl halides is 1. The molecule has 5 nitrogen and oxygen atoms in total. The molecule has 0 unspecified atom stereocenters. The Morgan fingerprint density at radius 3 is 2.70 bits per heavy atom. The molecule has 1 saturated heterocycles. The van der Waals surface area contributed by atoms with Crippen LogP contribution in [0.2, 0.25) is 0 Å². The van der Waals surface area contributed by atoms with Crippen LogP contribution in [0.15, 0.2) is 11.6 Å². The van der Waals surface area contributed by atoms with E-state index in [1.807, 2.05) is 13.0 Å². The lowest BCUT2D eigenvalue weighted by Gasteiger charge is -2.46. The van der Waals surface area contributed by atoms with Gasteiger partial charge in [0, 0.05) is 18.9 Å². The maximum absolute atomic E-state index is 12.8. The van der Waals surface area contributed by atoms with Crippen LogP contribution in [0.3, 0.4) is 0 Å². The van der Waals surface area contributed by atoms with Crippen molar-refractivity contribution in [3.63, 3.8) is 0 Å². The number of hydrogen-bond acceptors (Lipinski definition) is 5. The summed E-state index contributed by atoms with van der Waals surface area (Å²) >= 11 is 3.91. The van der Waals surface area contributed by atoms with Crippen LogP contribution in [0.25, 0.3) is 0 Å². The molecule has 0 radical (unpaired) electrons. The largest absolute Gasteiger partial charge is 0.389 e. The molecule has 3 aliphatic carbocycles. The number of rotatable bonds is 5. The number of ketones is 1. The molecule has 0 aromatic carbocycles. The molecule has 1 N–H and O–H groups in total. The molecule has 4 aliphatic rings. The van der Waals surface area contributed by atoms with Gasteiger partial charge in [0.2, 0.25) is 0 Å². The van der Waals surface area contributed by atoms with Gasteiger partial charge in [-0.3, -0.25) is 9.59 Å². The minimum absolute atomic E-state index is 0.00365. The van der Waals surface area contributed by atoms with Crippen LogP contribution in [0.5, 0.6) is 0 Å². The lowest BCUT2D eigenvalue weighted by atomic mass is 9.62. The molecule has 1 aliphatic heterocycles. The number of allylic oxidation sites excluding steroid dienone is 2. The molecule has 33 heavy (non-hydrogen) atoms. The van der Waals surface area contributed by atoms with E-state index in [2.05, 4.69) is 43.6 Å². The van der Waals surface area contributed by atoms with E-state index in [4.69, 9.17) is 9.47 Å². The van der Waals surface area contributed by atoms with Crippen LogP contribution >= 0.6 is 15.9 Å². The fraction of sp³-hybridized carbons (Fsp3) is 0.852. The molecular formula is C27H41BrO5. The van der Waals surface area contributed by atoms with Gasteiger partial charge < -0.3 is 14.6 Å². The number of carbonyl (C=O) groups excluding carboxylic acids is 2. The van der Waals surface area contributed by atoms with E-state index in [0.717, 1.165) is 38.4 Å². The van der Waals surface area contributed by atoms with E-state index in [1.54, 1.807) is 6.92 Å². The molecule has 0 amide bonds. The number of hydrogen-bond donors (Lipinski definition) is 1. The maximum Gasteiger partial charge on any atom is 0.146 e. The zero-order valence-electron chi connectivity index (χ0n) is 21.0. The van der Waals surface area contributed by atoms with Crippen LogP contribution in [0, 0.1) is 29.1 Å². The van der Waals surface area contributed by atoms with Crippen molar-refractivity contribution in [2.45, 2.75) is 108 Å². The Labute approximate surface area is 207 Å². The van der Waals surface area contributed by atoms with Crippen LogP contribution in [-0.4, -0.2) is 51.5 Å². The monoisotopic (exact) mass is 524 g/mol. The molecule has 0 bridgehead atoms. The van der Waals surface area contributed by atoms with Gasteiger partial charge in [0.15, 0.2) is 0 Å². The normalized spacial score (nSPS) is 48.1. The van der Waals surface area contributed by atoms with Crippen LogP contribution in [-0.2, 0) is 19.1 Å². The Bertz CT molecular complexity index is 834. The smallest absolute Gasteiger partial charge is 0.146 e. The third-order valence-electron chi connectivity index (χ3n) is 9.67. The SMILES string of the molecule is CCOC(C)(C)[C@@H](Br)[C@H]1C[C@H](C)[C@]2(CC[C@]3(C)C[C@H]4[C@H](C(=O)C[C@@]4(C)O)/C(C=O)=C\C[C@H]32)O1. The summed E-state index contributed by atoms with van der Waals surface area (Å²) in [5.41, 5.74) is -1.17. The number of halogens is 1. The van der Waals surface area contributed by atoms with Crippen molar-refractivity contribution in [2.75, 3.05) is 6.61 Å². The Hall–Kier alpha value is -0.560. The molecule has 186 valence electrons. The molecule has 0 aromatic rings. The van der Waals surface area contributed by atoms with Crippen molar-refractivity contribution < 1.29 is 24.2 Å². The van der Waals surface area contributed by atoms with Crippen LogP contribution < -0.4 is 0 Å². The van der Waals surface area contributed by atoms with E-state index in [9.17, 15) is 14.7 Å². The average molecular weight is 526 g/mol. The fourth-order valence-electron chi connectivity index (χ4n) is 7.89. The van der Waals surface area contributed by atoms with Gasteiger partial charge in [0.1, 0.15) is 12.1 Å². The first kappa shape index (κ1) is 25.5. The number of ether oxygens (including phenoxy) is 2. The Kier molecular flexibility index (Phi) is 6.60. The summed E-state index contributed by atoms with van der Waals surface area (Å²) in [4.78, 5) is 24.9. The third kappa shape index (κ3) is 4.01. The fourth-order valence-corrected chi connectivity index (χ4v) is 8.34. The van der Waals surface area contributed by atoms with Crippen molar-refractivity contribution in [1.29, 1.82) is 0 Å². The number of aldehydes is 1. The average Bonchev–Trinajstić information content (AvgIpc) is 3.26. The van der Waals surface area contributed by atoms with E-state index >= 15 is 0 Å². The highest BCUT2D eigenvalue weighted by molar-refractivity contribution is 9.09. The zero-order valence-corrected chi connectivity index (χ0v) is 22.6. The molecule has 9 atom stereocenters. The molecule has 4 rings (SSSR count). The Balaban J connectivity index is 1.68. The van der Waals surface area contributed by atoms with Gasteiger partial charge in [0.05, 0.1) is 33.7 Å². The summed E-state index contributed by atoms with van der Waals surface area (Å²) in [5.74, 6) is -0.0785. The summed E-state index contributed by atoms with van der Waals surface area (Å²) in [6.45, 7) is 13.3. The molecule has 1 spiro atoms. The quantitative estimate of drug-likeness (QED) is 0.403. The van der Waals surface area contributed by atoms with Gasteiger partial charge >= 0.3 is 0 Å². The van der Waals surface area contributed by atoms with Gasteiger partial charge in [-0.25, -0.2) is 0 Å². The summed E-state index contributed by atoms with van der Waals surface area (Å²) < 4.78 is 13.1. The molecule has 3 fully saturated rings. The lowest BCUT2D eigenvalue weighted by molar-refractivity contribution is -0.123. The summed E-state index contributed by atoms with van der Waals surface area (Å²) in [6.07, 6.45) is 7.46. The predicted molar refractivity (Wildman–Crippen MR) is 131 cm³/mol. The lowest BCUT2D eigenvalue weighted by Crippen LogP contribution is -2.48. The van der Waals surface area contributed by atoms with E-state index in [0.29, 0.717) is 18.1 Å². The highest BCUT2D eigenvalue weighted by Crippen LogP contribution is 2.64. The summed E-state index contributed by atoms with van der Waals surface area (Å²) in [5, 5.41) is 11.2. The zero-order chi connectivity index (χ0) is 24.4. The molecule has 0 aromatic heterocycles. The van der Waals surface area contributed by atoms with E-state index < -0.39 is 11.5 Å². The first-order valence-electron chi connectivity index (χ1n) is 12.7. The van der Waals surface area contributed by atoms with Crippen molar-refractivity contribution in [2.24, 2.45) is 29.1 Å². The highest BCUT2D eigenvalue weighted by atomic mass is 79.9. The molecule has 6 heteroatoms. The number of aliphatic hydroxyl groups is 1. The van der Waals surface area contributed by atoms with Gasteiger partial charge in [-0.05, 0) is 82.6 Å². The van der Waals surface area contributed by atoms with Gasteiger partial charge in [0.25, 0.3) is 0 Å². The minimum Gasteiger partial charge on any atom is -0.389 e. The van der Waals surface area contributed by atoms with Crippen LogP contribution in [0.1, 0.15) is 80.1 Å². The Morgan fingerprint density at radius 2 is 2.06 bits per heavy atom. The maximum atomic E-state index is 12.8. The standard InChI is InChI=1S/C27H41BrO5/c1-7-32-24(3,4)23(28)20-12-16(2)27(33-20)11-10-25(5)13-18-22(19(30)14-26(18,6)31)17(15-29)8-9-21(25)27/h8,15-16,18,20-23,31H,7,9-14H2,1-6H3/b17-8-/t16-,18-,20+,21+,22+,23-,25+,26+,27-/m0/s1. The van der Waals surface area contributed by atoms with Crippen molar-refractivity contribution in [3.05, 3.63) is 11.6 Å². The molecule has 1 heterocycles. The minimum atomic E-state index is -1.07. The second-order valence-corrected chi connectivity index (χ2v) is 13.2. The van der Waals surface area contributed by atoms with Crippen molar-refractivity contribution in [3.8, 4) is 0 Å². The third-order valence-corrected chi connectivity index (χ3v) is 11.4. The van der Waals surface area contributed by atoms with Gasteiger partial charge in [-0.2, -0.15) is 0 Å². The summed E-state index contributed by atoms with van der Waals surface area (Å²) in [6, 6.07) is 0. The number of Topliss-reactive ketones (excluding diaryl/α,β-unsaturated/α-hetero) is 1. The van der Waals surface area contributed by atoms with Gasteiger partial charge in [-0.15, -0.1) is 0 Å². The predicted octanol–water partition coefficient (Wildman–Crippen LogP) is 5.02. The molecular weight excluding hydrogens is 484 g/mol. The van der Waals surface area contributed by atoms with Gasteiger partial charge in [-0.1, -0.05) is 35.9 Å². The topological polar surface area (TPSA) is 72.8 Å². The second kappa shape index (κ2) is 8.53. The first-order valence-corrected chi connectivity index (χ1v) is 13.6. The summed E-state index contributed by atoms with van der Waals surface area (Å²) in [7, 11) is 0. The Morgan fingerprint density at radius 1 is 1.36 bits per heavy atom. The number of fused-ring (bicyclic) bond motifs is 3. The second-order valence-electron chi connectivity index (χ2n) is 12.2.